The second-order valence-corrected chi connectivity index (χ2v) is 5.81. The van der Waals surface area contributed by atoms with Gasteiger partial charge in [0.05, 0.1) is 5.56 Å². The van der Waals surface area contributed by atoms with E-state index >= 15 is 0 Å². The first kappa shape index (κ1) is 16.7. The first-order valence-electron chi connectivity index (χ1n) is 7.58. The average molecular weight is 342 g/mol. The molecule has 0 bridgehead atoms. The minimum absolute atomic E-state index is 0.00841. The fourth-order valence-corrected chi connectivity index (χ4v) is 2.98. The van der Waals surface area contributed by atoms with Gasteiger partial charge in [0.2, 0.25) is 5.91 Å². The zero-order valence-electron chi connectivity index (χ0n) is 13.1. The van der Waals surface area contributed by atoms with E-state index in [1.807, 2.05) is 0 Å². The summed E-state index contributed by atoms with van der Waals surface area (Å²) in [6.45, 7) is 1.01. The third kappa shape index (κ3) is 3.21. The number of rotatable bonds is 3. The highest BCUT2D eigenvalue weighted by molar-refractivity contribution is 5.77. The Hall–Kier alpha value is -2.16. The molecule has 2 aromatic heterocycles. The maximum absolute atomic E-state index is 12.9. The number of piperidine rings is 1. The van der Waals surface area contributed by atoms with Gasteiger partial charge in [-0.3, -0.25) is 9.20 Å². The van der Waals surface area contributed by atoms with Crippen LogP contribution in [0.4, 0.5) is 13.2 Å². The molecule has 1 fully saturated rings. The molecule has 6 nitrogen and oxygen atoms in total. The van der Waals surface area contributed by atoms with Crippen molar-refractivity contribution in [1.29, 1.82) is 0 Å². The van der Waals surface area contributed by atoms with E-state index in [4.69, 9.17) is 4.74 Å². The number of carbonyl (C=O) groups excluding carboxylic acids is 1. The number of methoxy groups -OCH3 is 1. The summed E-state index contributed by atoms with van der Waals surface area (Å²) in [6.07, 6.45) is -1.91. The van der Waals surface area contributed by atoms with Crippen LogP contribution in [0.15, 0.2) is 18.3 Å². The normalized spacial score (nSPS) is 19.0. The average Bonchev–Trinajstić information content (AvgIpc) is 2.97. The molecule has 1 aliphatic rings. The summed E-state index contributed by atoms with van der Waals surface area (Å²) < 4.78 is 45.0. The minimum atomic E-state index is -4.43. The number of halogens is 3. The molecule has 130 valence electrons. The van der Waals surface area contributed by atoms with Crippen LogP contribution in [-0.4, -0.2) is 52.2 Å². The number of nitrogens with zero attached hydrogens (tertiary/aromatic N) is 4. The molecule has 24 heavy (non-hydrogen) atoms. The van der Waals surface area contributed by atoms with E-state index in [0.29, 0.717) is 24.6 Å². The van der Waals surface area contributed by atoms with Crippen LogP contribution in [0.5, 0.6) is 0 Å². The third-order valence-corrected chi connectivity index (χ3v) is 4.16. The van der Waals surface area contributed by atoms with Crippen LogP contribution in [0.3, 0.4) is 0 Å². The number of fused-ring (bicyclic) bond motifs is 1. The molecule has 1 aliphatic heterocycles. The zero-order valence-corrected chi connectivity index (χ0v) is 13.1. The lowest BCUT2D eigenvalue weighted by atomic mass is 9.97. The molecule has 3 heterocycles. The molecule has 1 amide bonds. The van der Waals surface area contributed by atoms with Gasteiger partial charge < -0.3 is 9.64 Å². The van der Waals surface area contributed by atoms with Gasteiger partial charge >= 0.3 is 6.18 Å². The monoisotopic (exact) mass is 342 g/mol. The Morgan fingerprint density at radius 2 is 2.17 bits per heavy atom. The first-order chi connectivity index (χ1) is 11.4. The van der Waals surface area contributed by atoms with Crippen LogP contribution < -0.4 is 0 Å². The summed E-state index contributed by atoms with van der Waals surface area (Å²) in [6, 6.07) is 2.29. The van der Waals surface area contributed by atoms with Gasteiger partial charge in [-0.05, 0) is 25.0 Å². The highest BCUT2D eigenvalue weighted by Gasteiger charge is 2.32. The molecular weight excluding hydrogens is 325 g/mol. The summed E-state index contributed by atoms with van der Waals surface area (Å²) >= 11 is 0. The Balaban J connectivity index is 1.89. The van der Waals surface area contributed by atoms with Gasteiger partial charge in [0.25, 0.3) is 0 Å². The number of alkyl halides is 3. The van der Waals surface area contributed by atoms with Gasteiger partial charge in [0.15, 0.2) is 5.65 Å². The number of hydrogen-bond acceptors (Lipinski definition) is 4. The van der Waals surface area contributed by atoms with Crippen LogP contribution in [-0.2, 0) is 15.7 Å². The van der Waals surface area contributed by atoms with Crippen molar-refractivity contribution in [1.82, 2.24) is 19.5 Å². The second kappa shape index (κ2) is 6.39. The van der Waals surface area contributed by atoms with Crippen molar-refractivity contribution < 1.29 is 22.7 Å². The molecule has 0 aliphatic carbocycles. The lowest BCUT2D eigenvalue weighted by Gasteiger charge is -2.31. The molecule has 3 rings (SSSR count). The summed E-state index contributed by atoms with van der Waals surface area (Å²) in [7, 11) is 1.45. The number of hydrogen-bond donors (Lipinski definition) is 0. The van der Waals surface area contributed by atoms with E-state index in [1.54, 1.807) is 4.90 Å². The lowest BCUT2D eigenvalue weighted by molar-refractivity contribution is -0.138. The molecule has 2 aromatic rings. The van der Waals surface area contributed by atoms with Gasteiger partial charge in [-0.1, -0.05) is 0 Å². The minimum Gasteiger partial charge on any atom is -0.375 e. The van der Waals surface area contributed by atoms with Crippen molar-refractivity contribution in [2.24, 2.45) is 0 Å². The van der Waals surface area contributed by atoms with Crippen molar-refractivity contribution in [3.8, 4) is 0 Å². The summed E-state index contributed by atoms with van der Waals surface area (Å²) in [4.78, 5) is 13.6. The Morgan fingerprint density at radius 3 is 2.88 bits per heavy atom. The summed E-state index contributed by atoms with van der Waals surface area (Å²) in [5.74, 6) is 0.163. The van der Waals surface area contributed by atoms with Crippen LogP contribution in [0.25, 0.3) is 5.65 Å². The molecule has 1 unspecified atom stereocenters. The van der Waals surface area contributed by atoms with Crippen molar-refractivity contribution in [3.05, 3.63) is 29.7 Å². The number of ether oxygens (including phenoxy) is 1. The first-order valence-corrected chi connectivity index (χ1v) is 7.58. The SMILES string of the molecule is COCC(=O)N1CCCC(c2nnc3ccc(C(F)(F)F)cn23)C1. The highest BCUT2D eigenvalue weighted by Crippen LogP contribution is 2.31. The standard InChI is InChI=1S/C15H17F3N4O2/c1-24-9-13(23)21-6-2-3-10(7-21)14-20-19-12-5-4-11(8-22(12)14)15(16,17)18/h4-5,8,10H,2-3,6-7,9H2,1H3. The number of carbonyl (C=O) groups is 1. The van der Waals surface area contributed by atoms with E-state index in [-0.39, 0.29) is 18.4 Å². The molecule has 0 radical (unpaired) electrons. The van der Waals surface area contributed by atoms with Gasteiger partial charge in [-0.2, -0.15) is 13.2 Å². The lowest BCUT2D eigenvalue weighted by Crippen LogP contribution is -2.41. The highest BCUT2D eigenvalue weighted by atomic mass is 19.4. The van der Waals surface area contributed by atoms with Crippen LogP contribution in [0, 0.1) is 0 Å². The van der Waals surface area contributed by atoms with E-state index in [1.165, 1.54) is 17.6 Å². The predicted octanol–water partition coefficient (Wildman–Crippen LogP) is 2.10. The van der Waals surface area contributed by atoms with Crippen molar-refractivity contribution in [3.63, 3.8) is 0 Å². The van der Waals surface area contributed by atoms with Crippen molar-refractivity contribution >= 4 is 11.6 Å². The Labute approximate surface area is 136 Å². The largest absolute Gasteiger partial charge is 0.417 e. The molecular formula is C15H17F3N4O2. The van der Waals surface area contributed by atoms with E-state index in [0.717, 1.165) is 25.1 Å². The van der Waals surface area contributed by atoms with Gasteiger partial charge in [-0.25, -0.2) is 0 Å². The maximum Gasteiger partial charge on any atom is 0.417 e. The fraction of sp³-hybridized carbons (Fsp3) is 0.533. The van der Waals surface area contributed by atoms with Crippen LogP contribution in [0.2, 0.25) is 0 Å². The molecule has 1 saturated heterocycles. The molecule has 0 N–H and O–H groups in total. The Kier molecular flexibility index (Phi) is 4.44. The van der Waals surface area contributed by atoms with Gasteiger partial charge in [-0.15, -0.1) is 10.2 Å². The van der Waals surface area contributed by atoms with Gasteiger partial charge in [0, 0.05) is 32.3 Å². The number of pyridine rings is 1. The number of likely N-dealkylation sites (tertiary alicyclic amines) is 1. The molecule has 0 saturated carbocycles. The molecule has 9 heteroatoms. The smallest absolute Gasteiger partial charge is 0.375 e. The summed E-state index contributed by atoms with van der Waals surface area (Å²) in [5.41, 5.74) is -0.391. The Bertz CT molecular complexity index is 744. The quantitative estimate of drug-likeness (QED) is 0.857. The van der Waals surface area contributed by atoms with Gasteiger partial charge in [0.1, 0.15) is 12.4 Å². The van der Waals surface area contributed by atoms with E-state index in [9.17, 15) is 18.0 Å². The van der Waals surface area contributed by atoms with Crippen LogP contribution in [0.1, 0.15) is 30.1 Å². The maximum atomic E-state index is 12.9. The van der Waals surface area contributed by atoms with Crippen molar-refractivity contribution in [2.75, 3.05) is 26.8 Å². The summed E-state index contributed by atoms with van der Waals surface area (Å²) in [5, 5.41) is 8.00. The van der Waals surface area contributed by atoms with E-state index in [2.05, 4.69) is 10.2 Å². The zero-order chi connectivity index (χ0) is 17.3. The molecule has 0 spiro atoms. The topological polar surface area (TPSA) is 59.7 Å². The molecule has 0 aromatic carbocycles. The van der Waals surface area contributed by atoms with Crippen LogP contribution >= 0.6 is 0 Å². The number of aromatic nitrogens is 3. The molecule has 1 atom stereocenters. The number of amides is 1. The van der Waals surface area contributed by atoms with Crippen molar-refractivity contribution in [2.45, 2.75) is 24.9 Å². The fourth-order valence-electron chi connectivity index (χ4n) is 2.98. The Morgan fingerprint density at radius 1 is 1.38 bits per heavy atom. The third-order valence-electron chi connectivity index (χ3n) is 4.16. The predicted molar refractivity (Wildman–Crippen MR) is 78.4 cm³/mol. The second-order valence-electron chi connectivity index (χ2n) is 5.81. The van der Waals surface area contributed by atoms with E-state index < -0.39 is 11.7 Å².